The first-order chi connectivity index (χ1) is 7.31. The van der Waals surface area contributed by atoms with Crippen LogP contribution in [-0.2, 0) is 4.74 Å². The molecule has 1 N–H and O–H groups in total. The molecule has 0 spiro atoms. The molecule has 0 saturated heterocycles. The van der Waals surface area contributed by atoms with Gasteiger partial charge in [-0.25, -0.2) is 0 Å². The summed E-state index contributed by atoms with van der Waals surface area (Å²) in [6.07, 6.45) is 3.21. The van der Waals surface area contributed by atoms with E-state index in [-0.39, 0.29) is 0 Å². The zero-order valence-electron chi connectivity index (χ0n) is 9.15. The van der Waals surface area contributed by atoms with Gasteiger partial charge >= 0.3 is 0 Å². The zero-order valence-corrected chi connectivity index (χ0v) is 9.15. The van der Waals surface area contributed by atoms with Gasteiger partial charge in [-0.05, 0) is 31.2 Å². The van der Waals surface area contributed by atoms with Crippen molar-refractivity contribution in [3.8, 4) is 0 Å². The maximum Gasteiger partial charge on any atom is 0.181 e. The standard InChI is InChI=1S/C13H18O2/c1-2-15-13(14)12-8-6-11(7-9-12)10-4-3-5-10/h6-10,13-14H,2-5H2,1H3. The van der Waals surface area contributed by atoms with Gasteiger partial charge in [0.2, 0.25) is 0 Å². The molecule has 1 saturated carbocycles. The Balaban J connectivity index is 2.02. The second kappa shape index (κ2) is 4.77. The molecule has 1 aromatic rings. The van der Waals surface area contributed by atoms with Crippen molar-refractivity contribution in [2.75, 3.05) is 6.61 Å². The van der Waals surface area contributed by atoms with Crippen LogP contribution >= 0.6 is 0 Å². The van der Waals surface area contributed by atoms with E-state index in [1.807, 2.05) is 19.1 Å². The van der Waals surface area contributed by atoms with E-state index in [2.05, 4.69) is 12.1 Å². The molecule has 2 nitrogen and oxygen atoms in total. The predicted octanol–water partition coefficient (Wildman–Crippen LogP) is 2.98. The molecule has 82 valence electrons. The van der Waals surface area contributed by atoms with E-state index < -0.39 is 6.29 Å². The number of rotatable bonds is 4. The average Bonchev–Trinajstić information content (AvgIpc) is 2.16. The summed E-state index contributed by atoms with van der Waals surface area (Å²) >= 11 is 0. The minimum atomic E-state index is -0.773. The first kappa shape index (κ1) is 10.7. The van der Waals surface area contributed by atoms with Crippen molar-refractivity contribution >= 4 is 0 Å². The molecule has 15 heavy (non-hydrogen) atoms. The molecular weight excluding hydrogens is 188 g/mol. The number of hydrogen-bond donors (Lipinski definition) is 1. The Kier molecular flexibility index (Phi) is 3.39. The number of aliphatic hydroxyl groups is 1. The Labute approximate surface area is 90.9 Å². The van der Waals surface area contributed by atoms with Gasteiger partial charge in [0.15, 0.2) is 6.29 Å². The highest BCUT2D eigenvalue weighted by atomic mass is 16.6. The molecule has 1 aliphatic carbocycles. The third-order valence-electron chi connectivity index (χ3n) is 3.12. The van der Waals surface area contributed by atoms with Crippen molar-refractivity contribution in [1.29, 1.82) is 0 Å². The van der Waals surface area contributed by atoms with Crippen LogP contribution in [0, 0.1) is 0 Å². The van der Waals surface area contributed by atoms with Crippen molar-refractivity contribution in [2.45, 2.75) is 38.4 Å². The summed E-state index contributed by atoms with van der Waals surface area (Å²) in [4.78, 5) is 0. The first-order valence-electron chi connectivity index (χ1n) is 5.70. The van der Waals surface area contributed by atoms with Gasteiger partial charge in [0.05, 0.1) is 0 Å². The summed E-state index contributed by atoms with van der Waals surface area (Å²) in [5.41, 5.74) is 2.24. The summed E-state index contributed by atoms with van der Waals surface area (Å²) < 4.78 is 5.12. The van der Waals surface area contributed by atoms with Crippen molar-refractivity contribution in [3.05, 3.63) is 35.4 Å². The van der Waals surface area contributed by atoms with Crippen LogP contribution in [0.1, 0.15) is 49.5 Å². The smallest absolute Gasteiger partial charge is 0.181 e. The summed E-state index contributed by atoms with van der Waals surface area (Å²) in [6, 6.07) is 8.16. The Hall–Kier alpha value is -0.860. The molecule has 0 heterocycles. The Morgan fingerprint density at radius 1 is 1.33 bits per heavy atom. The Bertz CT molecular complexity index is 301. The highest BCUT2D eigenvalue weighted by molar-refractivity contribution is 5.27. The molecular formula is C13H18O2. The minimum Gasteiger partial charge on any atom is -0.364 e. The monoisotopic (exact) mass is 206 g/mol. The fourth-order valence-corrected chi connectivity index (χ4v) is 1.93. The van der Waals surface area contributed by atoms with Gasteiger partial charge in [-0.15, -0.1) is 0 Å². The lowest BCUT2D eigenvalue weighted by Gasteiger charge is -2.26. The van der Waals surface area contributed by atoms with Crippen molar-refractivity contribution in [1.82, 2.24) is 0 Å². The molecule has 1 unspecified atom stereocenters. The van der Waals surface area contributed by atoms with Crippen molar-refractivity contribution in [3.63, 3.8) is 0 Å². The number of ether oxygens (including phenoxy) is 1. The van der Waals surface area contributed by atoms with Gasteiger partial charge in [-0.1, -0.05) is 30.7 Å². The van der Waals surface area contributed by atoms with Crippen LogP contribution in [0.15, 0.2) is 24.3 Å². The molecule has 1 aliphatic rings. The molecule has 2 rings (SSSR count). The molecule has 0 aliphatic heterocycles. The molecule has 0 radical (unpaired) electrons. The number of aliphatic hydroxyl groups excluding tert-OH is 1. The van der Waals surface area contributed by atoms with Crippen LogP contribution in [0.5, 0.6) is 0 Å². The van der Waals surface area contributed by atoms with Crippen LogP contribution in [-0.4, -0.2) is 11.7 Å². The Morgan fingerprint density at radius 3 is 2.47 bits per heavy atom. The molecule has 1 fully saturated rings. The second-order valence-corrected chi connectivity index (χ2v) is 4.10. The van der Waals surface area contributed by atoms with Gasteiger partial charge in [0, 0.05) is 12.2 Å². The first-order valence-corrected chi connectivity index (χ1v) is 5.70. The van der Waals surface area contributed by atoms with Crippen molar-refractivity contribution in [2.24, 2.45) is 0 Å². The third-order valence-corrected chi connectivity index (χ3v) is 3.12. The van der Waals surface area contributed by atoms with E-state index in [1.165, 1.54) is 24.8 Å². The molecule has 1 atom stereocenters. The fraction of sp³-hybridized carbons (Fsp3) is 0.538. The molecule has 0 amide bonds. The SMILES string of the molecule is CCOC(O)c1ccc(C2CCC2)cc1. The van der Waals surface area contributed by atoms with Crippen LogP contribution < -0.4 is 0 Å². The van der Waals surface area contributed by atoms with E-state index in [1.54, 1.807) is 0 Å². The van der Waals surface area contributed by atoms with Crippen LogP contribution in [0.2, 0.25) is 0 Å². The maximum absolute atomic E-state index is 9.60. The summed E-state index contributed by atoms with van der Waals surface area (Å²) in [5, 5.41) is 9.60. The lowest BCUT2D eigenvalue weighted by Crippen LogP contribution is -2.09. The van der Waals surface area contributed by atoms with E-state index in [0.29, 0.717) is 6.61 Å². The summed E-state index contributed by atoms with van der Waals surface area (Å²) in [5.74, 6) is 0.753. The maximum atomic E-state index is 9.60. The van der Waals surface area contributed by atoms with Crippen LogP contribution in [0.3, 0.4) is 0 Å². The second-order valence-electron chi connectivity index (χ2n) is 4.10. The number of hydrogen-bond acceptors (Lipinski definition) is 2. The lowest BCUT2D eigenvalue weighted by molar-refractivity contribution is -0.0979. The van der Waals surface area contributed by atoms with E-state index in [4.69, 9.17) is 4.74 Å². The quantitative estimate of drug-likeness (QED) is 0.767. The van der Waals surface area contributed by atoms with Crippen LogP contribution in [0.4, 0.5) is 0 Å². The van der Waals surface area contributed by atoms with Gasteiger partial charge in [0.1, 0.15) is 0 Å². The largest absolute Gasteiger partial charge is 0.364 e. The topological polar surface area (TPSA) is 29.5 Å². The molecule has 2 heteroatoms. The van der Waals surface area contributed by atoms with E-state index >= 15 is 0 Å². The zero-order chi connectivity index (χ0) is 10.7. The Morgan fingerprint density at radius 2 is 2.00 bits per heavy atom. The number of benzene rings is 1. The van der Waals surface area contributed by atoms with Gasteiger partial charge in [-0.3, -0.25) is 0 Å². The highest BCUT2D eigenvalue weighted by Gasteiger charge is 2.19. The summed E-state index contributed by atoms with van der Waals surface area (Å²) in [7, 11) is 0. The van der Waals surface area contributed by atoms with Gasteiger partial charge < -0.3 is 9.84 Å². The van der Waals surface area contributed by atoms with E-state index in [9.17, 15) is 5.11 Å². The lowest BCUT2D eigenvalue weighted by atomic mass is 9.80. The average molecular weight is 206 g/mol. The van der Waals surface area contributed by atoms with Gasteiger partial charge in [0.25, 0.3) is 0 Å². The fourth-order valence-electron chi connectivity index (χ4n) is 1.93. The normalized spacial score (nSPS) is 18.5. The molecule has 0 aromatic heterocycles. The van der Waals surface area contributed by atoms with Crippen LogP contribution in [0.25, 0.3) is 0 Å². The molecule has 0 bridgehead atoms. The third kappa shape index (κ3) is 2.39. The van der Waals surface area contributed by atoms with E-state index in [0.717, 1.165) is 11.5 Å². The summed E-state index contributed by atoms with van der Waals surface area (Å²) in [6.45, 7) is 2.41. The van der Waals surface area contributed by atoms with Gasteiger partial charge in [-0.2, -0.15) is 0 Å². The molecule has 1 aromatic carbocycles. The minimum absolute atomic E-state index is 0.533. The van der Waals surface area contributed by atoms with Crippen molar-refractivity contribution < 1.29 is 9.84 Å². The predicted molar refractivity (Wildman–Crippen MR) is 59.6 cm³/mol. The highest BCUT2D eigenvalue weighted by Crippen LogP contribution is 2.36.